The number of rotatable bonds is 3. The first-order valence-electron chi connectivity index (χ1n) is 4.34. The highest BCUT2D eigenvalue weighted by molar-refractivity contribution is 6.30. The first-order chi connectivity index (χ1) is 6.63. The van der Waals surface area contributed by atoms with E-state index >= 15 is 0 Å². The number of terminal acetylenes is 1. The van der Waals surface area contributed by atoms with Crippen LogP contribution in [0.4, 0.5) is 0 Å². The van der Waals surface area contributed by atoms with Gasteiger partial charge in [-0.25, -0.2) is 0 Å². The largest absolute Gasteiger partial charge is 0.300 e. The summed E-state index contributed by atoms with van der Waals surface area (Å²) in [6.07, 6.45) is 5.74. The number of halogens is 1. The molecule has 0 aliphatic carbocycles. The second-order valence-corrected chi connectivity index (χ2v) is 3.61. The van der Waals surface area contributed by atoms with E-state index in [4.69, 9.17) is 18.0 Å². The summed E-state index contributed by atoms with van der Waals surface area (Å²) in [6.45, 7) is 1.54. The van der Waals surface area contributed by atoms with E-state index < -0.39 is 0 Å². The van der Waals surface area contributed by atoms with E-state index in [1.807, 2.05) is 12.1 Å². The Bertz CT molecular complexity index is 359. The summed E-state index contributed by atoms with van der Waals surface area (Å²) in [4.78, 5) is 10.9. The fourth-order valence-corrected chi connectivity index (χ4v) is 1.38. The summed E-state index contributed by atoms with van der Waals surface area (Å²) >= 11 is 5.75. The standard InChI is InChI=1S/C12H11ClO/c1-3-10(8-9(2)14)11-4-6-12(13)7-5-11/h1,4-7,10H,8H2,2H3. The highest BCUT2D eigenvalue weighted by Gasteiger charge is 2.10. The van der Waals surface area contributed by atoms with Gasteiger partial charge in [0.1, 0.15) is 5.78 Å². The summed E-state index contributed by atoms with van der Waals surface area (Å²) in [7, 11) is 0. The van der Waals surface area contributed by atoms with Gasteiger partial charge in [-0.05, 0) is 24.6 Å². The van der Waals surface area contributed by atoms with Crippen LogP contribution in [0.2, 0.25) is 5.02 Å². The van der Waals surface area contributed by atoms with E-state index in [2.05, 4.69) is 5.92 Å². The molecule has 72 valence electrons. The lowest BCUT2D eigenvalue weighted by molar-refractivity contribution is -0.117. The SMILES string of the molecule is C#CC(CC(C)=O)c1ccc(Cl)cc1. The third-order valence-electron chi connectivity index (χ3n) is 1.97. The number of benzene rings is 1. The molecule has 0 aliphatic rings. The van der Waals surface area contributed by atoms with Gasteiger partial charge in [0.15, 0.2) is 0 Å². The maximum Gasteiger partial charge on any atom is 0.131 e. The molecule has 0 aromatic heterocycles. The number of ketones is 1. The Balaban J connectivity index is 2.85. The van der Waals surface area contributed by atoms with Crippen LogP contribution in [0.25, 0.3) is 0 Å². The molecule has 1 aromatic rings. The second-order valence-electron chi connectivity index (χ2n) is 3.18. The Morgan fingerprint density at radius 2 is 2.07 bits per heavy atom. The predicted octanol–water partition coefficient (Wildman–Crippen LogP) is 3.04. The van der Waals surface area contributed by atoms with Gasteiger partial charge in [-0.1, -0.05) is 29.7 Å². The zero-order valence-electron chi connectivity index (χ0n) is 7.96. The Kier molecular flexibility index (Phi) is 3.73. The average Bonchev–Trinajstić information content (AvgIpc) is 2.15. The minimum atomic E-state index is -0.134. The van der Waals surface area contributed by atoms with Crippen LogP contribution in [-0.4, -0.2) is 5.78 Å². The molecule has 2 heteroatoms. The molecule has 0 amide bonds. The molecule has 1 unspecified atom stereocenters. The summed E-state index contributed by atoms with van der Waals surface area (Å²) in [6, 6.07) is 7.27. The fraction of sp³-hybridized carbons (Fsp3) is 0.250. The van der Waals surface area contributed by atoms with Crippen molar-refractivity contribution in [2.75, 3.05) is 0 Å². The molecule has 1 rings (SSSR count). The molecule has 0 N–H and O–H groups in total. The summed E-state index contributed by atoms with van der Waals surface area (Å²) in [5, 5.41) is 0.673. The summed E-state index contributed by atoms with van der Waals surface area (Å²) in [5.41, 5.74) is 0.965. The highest BCUT2D eigenvalue weighted by Crippen LogP contribution is 2.20. The minimum Gasteiger partial charge on any atom is -0.300 e. The zero-order chi connectivity index (χ0) is 10.6. The minimum absolute atomic E-state index is 0.0999. The molecule has 0 saturated heterocycles. The van der Waals surface area contributed by atoms with E-state index in [1.165, 1.54) is 0 Å². The van der Waals surface area contributed by atoms with Crippen molar-refractivity contribution in [2.24, 2.45) is 0 Å². The third kappa shape index (κ3) is 2.90. The monoisotopic (exact) mass is 206 g/mol. The molecule has 0 bridgehead atoms. The molecule has 0 heterocycles. The Morgan fingerprint density at radius 1 is 1.50 bits per heavy atom. The molecular weight excluding hydrogens is 196 g/mol. The van der Waals surface area contributed by atoms with Gasteiger partial charge < -0.3 is 0 Å². The van der Waals surface area contributed by atoms with Crippen molar-refractivity contribution < 1.29 is 4.79 Å². The molecule has 0 saturated carbocycles. The van der Waals surface area contributed by atoms with Crippen molar-refractivity contribution in [2.45, 2.75) is 19.3 Å². The molecule has 1 atom stereocenters. The lowest BCUT2D eigenvalue weighted by atomic mass is 9.95. The molecule has 0 spiro atoms. The first kappa shape index (κ1) is 10.8. The van der Waals surface area contributed by atoms with E-state index in [0.717, 1.165) is 5.56 Å². The number of hydrogen-bond donors (Lipinski definition) is 0. The van der Waals surface area contributed by atoms with E-state index in [9.17, 15) is 4.79 Å². The van der Waals surface area contributed by atoms with Crippen LogP contribution in [0.1, 0.15) is 24.8 Å². The highest BCUT2D eigenvalue weighted by atomic mass is 35.5. The third-order valence-corrected chi connectivity index (χ3v) is 2.22. The van der Waals surface area contributed by atoms with Crippen LogP contribution in [-0.2, 0) is 4.79 Å². The Labute approximate surface area is 89.1 Å². The van der Waals surface area contributed by atoms with Crippen LogP contribution in [0.3, 0.4) is 0 Å². The van der Waals surface area contributed by atoms with Crippen molar-refractivity contribution >= 4 is 17.4 Å². The molecule has 0 fully saturated rings. The number of carbonyl (C=O) groups excluding carboxylic acids is 1. The molecule has 14 heavy (non-hydrogen) atoms. The fourth-order valence-electron chi connectivity index (χ4n) is 1.26. The van der Waals surface area contributed by atoms with Crippen LogP contribution in [0.15, 0.2) is 24.3 Å². The second kappa shape index (κ2) is 4.83. The van der Waals surface area contributed by atoms with Gasteiger partial charge in [0, 0.05) is 11.4 Å². The number of hydrogen-bond acceptors (Lipinski definition) is 1. The van der Waals surface area contributed by atoms with Gasteiger partial charge >= 0.3 is 0 Å². The average molecular weight is 207 g/mol. The van der Waals surface area contributed by atoms with Crippen molar-refractivity contribution in [3.05, 3.63) is 34.9 Å². The van der Waals surface area contributed by atoms with Gasteiger partial charge in [-0.2, -0.15) is 0 Å². The van der Waals surface area contributed by atoms with Gasteiger partial charge in [-0.3, -0.25) is 4.79 Å². The molecule has 0 aliphatic heterocycles. The Morgan fingerprint density at radius 3 is 2.50 bits per heavy atom. The molecule has 0 radical (unpaired) electrons. The van der Waals surface area contributed by atoms with Gasteiger partial charge in [-0.15, -0.1) is 6.42 Å². The topological polar surface area (TPSA) is 17.1 Å². The van der Waals surface area contributed by atoms with Gasteiger partial charge in [0.25, 0.3) is 0 Å². The van der Waals surface area contributed by atoms with E-state index in [1.54, 1.807) is 19.1 Å². The van der Waals surface area contributed by atoms with Crippen molar-refractivity contribution in [3.8, 4) is 12.3 Å². The molecule has 1 nitrogen and oxygen atoms in total. The maximum absolute atomic E-state index is 10.9. The lowest BCUT2D eigenvalue weighted by Crippen LogP contribution is -2.01. The molecular formula is C12H11ClO. The predicted molar refractivity (Wildman–Crippen MR) is 58.3 cm³/mol. The Hall–Kier alpha value is -1.26. The first-order valence-corrected chi connectivity index (χ1v) is 4.72. The quantitative estimate of drug-likeness (QED) is 0.695. The number of carbonyl (C=O) groups is 1. The van der Waals surface area contributed by atoms with Gasteiger partial charge in [0.05, 0.1) is 5.92 Å². The van der Waals surface area contributed by atoms with Crippen LogP contribution < -0.4 is 0 Å². The maximum atomic E-state index is 10.9. The lowest BCUT2D eigenvalue weighted by Gasteiger charge is -2.08. The van der Waals surface area contributed by atoms with Crippen LogP contribution >= 0.6 is 11.6 Å². The van der Waals surface area contributed by atoms with Crippen LogP contribution in [0, 0.1) is 12.3 Å². The smallest absolute Gasteiger partial charge is 0.131 e. The van der Waals surface area contributed by atoms with Crippen molar-refractivity contribution in [3.63, 3.8) is 0 Å². The normalized spacial score (nSPS) is 11.8. The van der Waals surface area contributed by atoms with E-state index in [-0.39, 0.29) is 11.7 Å². The van der Waals surface area contributed by atoms with E-state index in [0.29, 0.717) is 11.4 Å². The van der Waals surface area contributed by atoms with Gasteiger partial charge in [0.2, 0.25) is 0 Å². The molecule has 1 aromatic carbocycles. The van der Waals surface area contributed by atoms with Crippen molar-refractivity contribution in [1.82, 2.24) is 0 Å². The number of Topliss-reactive ketones (excluding diaryl/α,β-unsaturated/α-hetero) is 1. The summed E-state index contributed by atoms with van der Waals surface area (Å²) in [5.74, 6) is 2.57. The zero-order valence-corrected chi connectivity index (χ0v) is 8.71. The van der Waals surface area contributed by atoms with Crippen molar-refractivity contribution in [1.29, 1.82) is 0 Å². The summed E-state index contributed by atoms with van der Waals surface area (Å²) < 4.78 is 0. The van der Waals surface area contributed by atoms with Crippen LogP contribution in [0.5, 0.6) is 0 Å².